The topological polar surface area (TPSA) is 49.8 Å². The average molecular weight is 343 g/mol. The molecule has 132 valence electrons. The van der Waals surface area contributed by atoms with Gasteiger partial charge in [0.25, 0.3) is 0 Å². The number of alkyl halides is 1. The molecule has 25 heavy (non-hydrogen) atoms. The molecular weight excluding hydrogens is 321 g/mol. The molecule has 2 aromatic carbocycles. The Morgan fingerprint density at radius 3 is 2.20 bits per heavy atom. The molecule has 2 aromatic rings. The second kappa shape index (κ2) is 7.76. The third kappa shape index (κ3) is 3.72. The molecule has 1 fully saturated rings. The van der Waals surface area contributed by atoms with E-state index in [1.54, 1.807) is 48.5 Å². The van der Waals surface area contributed by atoms with Gasteiger partial charge in [0.05, 0.1) is 0 Å². The predicted molar refractivity (Wildman–Crippen MR) is 92.8 cm³/mol. The Morgan fingerprint density at radius 1 is 1.12 bits per heavy atom. The molecule has 1 N–H and O–H groups in total. The number of benzene rings is 2. The van der Waals surface area contributed by atoms with Crippen molar-refractivity contribution in [2.75, 3.05) is 26.3 Å². The number of aliphatic hydroxyl groups is 1. The molecule has 0 bridgehead atoms. The summed E-state index contributed by atoms with van der Waals surface area (Å²) in [6.07, 6.45) is 0.309. The molecule has 5 heteroatoms. The largest absolute Gasteiger partial charge is 0.458 e. The molecule has 1 aliphatic rings. The minimum absolute atomic E-state index is 0.335. The Morgan fingerprint density at radius 2 is 1.68 bits per heavy atom. The molecule has 1 saturated heterocycles. The van der Waals surface area contributed by atoms with Crippen molar-refractivity contribution in [1.29, 1.82) is 0 Å². The lowest BCUT2D eigenvalue weighted by Gasteiger charge is -2.28. The summed E-state index contributed by atoms with van der Waals surface area (Å²) in [7, 11) is 0. The average Bonchev–Trinajstić information content (AvgIpc) is 3.09. The first-order chi connectivity index (χ1) is 12.1. The normalized spacial score (nSPS) is 18.2. The molecule has 0 aromatic heterocycles. The Hall–Kier alpha value is -2.24. The third-order valence-corrected chi connectivity index (χ3v) is 4.58. The summed E-state index contributed by atoms with van der Waals surface area (Å²) in [5, 5.41) is 11.3. The van der Waals surface area contributed by atoms with Gasteiger partial charge in [0.2, 0.25) is 5.60 Å². The molecule has 1 atom stereocenters. The van der Waals surface area contributed by atoms with Crippen molar-refractivity contribution in [1.82, 2.24) is 4.90 Å². The highest BCUT2D eigenvalue weighted by molar-refractivity contribution is 5.85. The van der Waals surface area contributed by atoms with Crippen LogP contribution in [0.2, 0.25) is 0 Å². The van der Waals surface area contributed by atoms with Gasteiger partial charge in [0, 0.05) is 19.6 Å². The number of halogens is 1. The van der Waals surface area contributed by atoms with E-state index < -0.39 is 18.2 Å². The monoisotopic (exact) mass is 343 g/mol. The van der Waals surface area contributed by atoms with Gasteiger partial charge in [-0.1, -0.05) is 60.7 Å². The summed E-state index contributed by atoms with van der Waals surface area (Å²) < 4.78 is 18.1. The van der Waals surface area contributed by atoms with Crippen LogP contribution in [0.4, 0.5) is 4.39 Å². The number of hydrogen-bond acceptors (Lipinski definition) is 4. The zero-order valence-corrected chi connectivity index (χ0v) is 14.0. The van der Waals surface area contributed by atoms with Gasteiger partial charge in [-0.15, -0.1) is 0 Å². The van der Waals surface area contributed by atoms with E-state index in [1.807, 2.05) is 17.0 Å². The fourth-order valence-electron chi connectivity index (χ4n) is 3.21. The number of hydrogen-bond donors (Lipinski definition) is 1. The molecule has 0 spiro atoms. The minimum Gasteiger partial charge on any atom is -0.458 e. The van der Waals surface area contributed by atoms with Crippen molar-refractivity contribution in [3.8, 4) is 0 Å². The zero-order valence-electron chi connectivity index (χ0n) is 14.0. The zero-order chi connectivity index (χ0) is 17.7. The summed E-state index contributed by atoms with van der Waals surface area (Å²) in [4.78, 5) is 14.8. The van der Waals surface area contributed by atoms with E-state index in [4.69, 9.17) is 4.74 Å². The summed E-state index contributed by atoms with van der Waals surface area (Å²) >= 11 is 0. The van der Waals surface area contributed by atoms with E-state index in [1.165, 1.54) is 0 Å². The van der Waals surface area contributed by atoms with Crippen molar-refractivity contribution >= 4 is 5.97 Å². The van der Waals surface area contributed by atoms with Crippen molar-refractivity contribution in [2.45, 2.75) is 18.1 Å². The van der Waals surface area contributed by atoms with E-state index >= 15 is 0 Å². The first kappa shape index (κ1) is 17.6. The van der Waals surface area contributed by atoms with Crippen LogP contribution in [0.3, 0.4) is 0 Å². The van der Waals surface area contributed by atoms with E-state index in [0.29, 0.717) is 37.2 Å². The standard InChI is InChI=1S/C20H22FNO3/c21-12-14-22-13-11-18(15-22)25-19(23)20(24,16-7-3-1-4-8-16)17-9-5-2-6-10-17/h1-10,18,24H,11-15H2. The Balaban J connectivity index is 1.84. The van der Waals surface area contributed by atoms with Crippen LogP contribution in [0.1, 0.15) is 17.5 Å². The van der Waals surface area contributed by atoms with E-state index in [-0.39, 0.29) is 6.10 Å². The van der Waals surface area contributed by atoms with E-state index in [0.717, 1.165) is 0 Å². The van der Waals surface area contributed by atoms with Gasteiger partial charge in [0.15, 0.2) is 0 Å². The number of carbonyl (C=O) groups is 1. The molecule has 0 radical (unpaired) electrons. The molecule has 1 aliphatic heterocycles. The number of likely N-dealkylation sites (tertiary alicyclic amines) is 1. The number of nitrogens with zero attached hydrogens (tertiary/aromatic N) is 1. The quantitative estimate of drug-likeness (QED) is 0.819. The Labute approximate surface area is 146 Å². The molecular formula is C20H22FNO3. The highest BCUT2D eigenvalue weighted by atomic mass is 19.1. The van der Waals surface area contributed by atoms with Gasteiger partial charge in [-0.05, 0) is 17.5 Å². The summed E-state index contributed by atoms with van der Waals surface area (Å²) in [6.45, 7) is 1.11. The number of rotatable bonds is 6. The highest BCUT2D eigenvalue weighted by Crippen LogP contribution is 2.32. The van der Waals surface area contributed by atoms with Crippen LogP contribution in [0.25, 0.3) is 0 Å². The van der Waals surface area contributed by atoms with Crippen molar-refractivity contribution < 1.29 is 19.0 Å². The summed E-state index contributed by atoms with van der Waals surface area (Å²) in [6, 6.07) is 17.6. The summed E-state index contributed by atoms with van der Waals surface area (Å²) in [5.41, 5.74) is -0.939. The highest BCUT2D eigenvalue weighted by Gasteiger charge is 2.43. The number of esters is 1. The van der Waals surface area contributed by atoms with Crippen LogP contribution in [-0.4, -0.2) is 48.4 Å². The molecule has 0 aliphatic carbocycles. The van der Waals surface area contributed by atoms with Crippen molar-refractivity contribution in [3.05, 3.63) is 71.8 Å². The van der Waals surface area contributed by atoms with Crippen LogP contribution < -0.4 is 0 Å². The SMILES string of the molecule is O=C(OC1CCN(CCF)C1)C(O)(c1ccccc1)c1ccccc1. The Bertz CT molecular complexity index is 653. The first-order valence-electron chi connectivity index (χ1n) is 8.47. The van der Waals surface area contributed by atoms with Gasteiger partial charge in [0.1, 0.15) is 12.8 Å². The fraction of sp³-hybridized carbons (Fsp3) is 0.350. The van der Waals surface area contributed by atoms with Gasteiger partial charge >= 0.3 is 5.97 Å². The molecule has 3 rings (SSSR count). The second-order valence-corrected chi connectivity index (χ2v) is 6.25. The van der Waals surface area contributed by atoms with Crippen LogP contribution >= 0.6 is 0 Å². The lowest BCUT2D eigenvalue weighted by molar-refractivity contribution is -0.167. The minimum atomic E-state index is -1.87. The van der Waals surface area contributed by atoms with Crippen molar-refractivity contribution in [2.24, 2.45) is 0 Å². The molecule has 0 amide bonds. The van der Waals surface area contributed by atoms with Crippen LogP contribution in [-0.2, 0) is 15.1 Å². The van der Waals surface area contributed by atoms with Gasteiger partial charge in [-0.3, -0.25) is 4.90 Å². The predicted octanol–water partition coefficient (Wildman–Crippen LogP) is 2.51. The maximum absolute atomic E-state index is 12.9. The van der Waals surface area contributed by atoms with Crippen LogP contribution in [0, 0.1) is 0 Å². The molecule has 0 saturated carbocycles. The van der Waals surface area contributed by atoms with Crippen LogP contribution in [0.5, 0.6) is 0 Å². The lowest BCUT2D eigenvalue weighted by Crippen LogP contribution is -2.41. The maximum atomic E-state index is 12.9. The van der Waals surface area contributed by atoms with Gasteiger partial charge in [-0.25, -0.2) is 9.18 Å². The summed E-state index contributed by atoms with van der Waals surface area (Å²) in [5.74, 6) is -0.697. The molecule has 1 heterocycles. The third-order valence-electron chi connectivity index (χ3n) is 4.58. The second-order valence-electron chi connectivity index (χ2n) is 6.25. The van der Waals surface area contributed by atoms with E-state index in [2.05, 4.69) is 0 Å². The fourth-order valence-corrected chi connectivity index (χ4v) is 3.21. The smallest absolute Gasteiger partial charge is 0.348 e. The first-order valence-corrected chi connectivity index (χ1v) is 8.47. The van der Waals surface area contributed by atoms with Gasteiger partial charge < -0.3 is 9.84 Å². The number of carbonyl (C=O) groups excluding carboxylic acids is 1. The molecule has 4 nitrogen and oxygen atoms in total. The number of ether oxygens (including phenoxy) is 1. The Kier molecular flexibility index (Phi) is 5.46. The van der Waals surface area contributed by atoms with Crippen molar-refractivity contribution in [3.63, 3.8) is 0 Å². The van der Waals surface area contributed by atoms with Crippen LogP contribution in [0.15, 0.2) is 60.7 Å². The van der Waals surface area contributed by atoms with Gasteiger partial charge in [-0.2, -0.15) is 0 Å². The maximum Gasteiger partial charge on any atom is 0.348 e. The van der Waals surface area contributed by atoms with E-state index in [9.17, 15) is 14.3 Å². The lowest BCUT2D eigenvalue weighted by atomic mass is 9.86. The molecule has 1 unspecified atom stereocenters.